The van der Waals surface area contributed by atoms with Crippen LogP contribution >= 0.6 is 0 Å². The number of pyridine rings is 1. The quantitative estimate of drug-likeness (QED) is 0.829. The predicted octanol–water partition coefficient (Wildman–Crippen LogP) is 0.0749. The Hall–Kier alpha value is -0.980. The number of hydrogen-bond acceptors (Lipinski definition) is 4. The van der Waals surface area contributed by atoms with Crippen LogP contribution in [0.1, 0.15) is 5.56 Å². The van der Waals surface area contributed by atoms with Gasteiger partial charge in [0.2, 0.25) is 0 Å². The maximum atomic E-state index is 11.3. The molecule has 0 amide bonds. The molecule has 0 aromatic carbocycles. The lowest BCUT2D eigenvalue weighted by Gasteiger charge is -2.32. The summed E-state index contributed by atoms with van der Waals surface area (Å²) >= 11 is 0. The molecule has 0 saturated carbocycles. The standard InChI is InChI=1S/C11H18N4OS/c1-17(16)15-6-4-14(5-7-15)9-10-2-3-11(12)13-8-10/h2-3,8H,4-7,9H2,1H3,(H2,12,13). The highest BCUT2D eigenvalue weighted by molar-refractivity contribution is 7.81. The van der Waals surface area contributed by atoms with E-state index in [9.17, 15) is 4.21 Å². The van der Waals surface area contributed by atoms with E-state index in [2.05, 4.69) is 9.88 Å². The topological polar surface area (TPSA) is 62.5 Å². The predicted molar refractivity (Wildman–Crippen MR) is 69.6 cm³/mol. The van der Waals surface area contributed by atoms with Crippen LogP contribution in [-0.4, -0.2) is 50.8 Å². The fraction of sp³-hybridized carbons (Fsp3) is 0.545. The van der Waals surface area contributed by atoms with E-state index < -0.39 is 11.0 Å². The van der Waals surface area contributed by atoms with Gasteiger partial charge in [0.1, 0.15) is 5.82 Å². The molecule has 1 aliphatic heterocycles. The molecule has 6 heteroatoms. The van der Waals surface area contributed by atoms with E-state index in [0.29, 0.717) is 5.82 Å². The summed E-state index contributed by atoms with van der Waals surface area (Å²) < 4.78 is 13.3. The van der Waals surface area contributed by atoms with Crippen LogP contribution in [0.15, 0.2) is 18.3 Å². The summed E-state index contributed by atoms with van der Waals surface area (Å²) in [6.07, 6.45) is 3.55. The number of hydrogen-bond donors (Lipinski definition) is 1. The van der Waals surface area contributed by atoms with E-state index in [0.717, 1.165) is 32.7 Å². The molecule has 1 aliphatic rings. The zero-order chi connectivity index (χ0) is 12.3. The van der Waals surface area contributed by atoms with Gasteiger partial charge < -0.3 is 5.73 Å². The molecule has 0 radical (unpaired) electrons. The Morgan fingerprint density at radius 2 is 2.06 bits per heavy atom. The number of nitrogens with zero attached hydrogens (tertiary/aromatic N) is 3. The molecule has 0 bridgehead atoms. The first kappa shape index (κ1) is 12.5. The van der Waals surface area contributed by atoms with Gasteiger partial charge in [-0.05, 0) is 11.6 Å². The second-order valence-corrected chi connectivity index (χ2v) is 5.58. The Kier molecular flexibility index (Phi) is 4.09. The second-order valence-electron chi connectivity index (χ2n) is 4.22. The summed E-state index contributed by atoms with van der Waals surface area (Å²) in [5.74, 6) is 0.556. The van der Waals surface area contributed by atoms with Crippen LogP contribution in [0.4, 0.5) is 5.82 Å². The van der Waals surface area contributed by atoms with Gasteiger partial charge in [0.05, 0.1) is 11.0 Å². The Labute approximate surface area is 104 Å². The molecule has 1 unspecified atom stereocenters. The zero-order valence-corrected chi connectivity index (χ0v) is 10.8. The molecule has 17 heavy (non-hydrogen) atoms. The smallest absolute Gasteiger partial charge is 0.123 e. The number of piperazine rings is 1. The van der Waals surface area contributed by atoms with Crippen molar-refractivity contribution in [2.45, 2.75) is 6.54 Å². The molecule has 1 atom stereocenters. The largest absolute Gasteiger partial charge is 0.384 e. The normalized spacial score (nSPS) is 20.3. The molecule has 0 spiro atoms. The Morgan fingerprint density at radius 1 is 1.35 bits per heavy atom. The van der Waals surface area contributed by atoms with Crippen molar-refractivity contribution in [3.63, 3.8) is 0 Å². The monoisotopic (exact) mass is 254 g/mol. The average molecular weight is 254 g/mol. The minimum absolute atomic E-state index is 0.556. The first-order valence-electron chi connectivity index (χ1n) is 5.66. The van der Waals surface area contributed by atoms with Crippen LogP contribution < -0.4 is 5.73 Å². The molecule has 1 saturated heterocycles. The van der Waals surface area contributed by atoms with Gasteiger partial charge in [-0.2, -0.15) is 0 Å². The maximum Gasteiger partial charge on any atom is 0.123 e. The summed E-state index contributed by atoms with van der Waals surface area (Å²) in [7, 11) is -0.839. The van der Waals surface area contributed by atoms with Crippen LogP contribution in [-0.2, 0) is 17.5 Å². The zero-order valence-electron chi connectivity index (χ0n) is 10.0. The highest BCUT2D eigenvalue weighted by Crippen LogP contribution is 2.09. The fourth-order valence-electron chi connectivity index (χ4n) is 1.93. The van der Waals surface area contributed by atoms with Crippen LogP contribution in [0.25, 0.3) is 0 Å². The van der Waals surface area contributed by atoms with Crippen LogP contribution in [0, 0.1) is 0 Å². The van der Waals surface area contributed by atoms with E-state index in [-0.39, 0.29) is 0 Å². The van der Waals surface area contributed by atoms with Gasteiger partial charge in [0.15, 0.2) is 0 Å². The van der Waals surface area contributed by atoms with Crippen molar-refractivity contribution in [2.75, 3.05) is 38.2 Å². The molecular weight excluding hydrogens is 236 g/mol. The van der Waals surface area contributed by atoms with Crippen LogP contribution in [0.3, 0.4) is 0 Å². The molecule has 1 aromatic rings. The lowest BCUT2D eigenvalue weighted by Crippen LogP contribution is -2.46. The summed E-state index contributed by atoms with van der Waals surface area (Å²) in [6, 6.07) is 3.83. The van der Waals surface area contributed by atoms with Crippen LogP contribution in [0.5, 0.6) is 0 Å². The summed E-state index contributed by atoms with van der Waals surface area (Å²) in [6.45, 7) is 4.52. The van der Waals surface area contributed by atoms with Gasteiger partial charge in [-0.3, -0.25) is 4.90 Å². The minimum Gasteiger partial charge on any atom is -0.384 e. The van der Waals surface area contributed by atoms with Gasteiger partial charge in [-0.1, -0.05) is 6.07 Å². The molecule has 1 aromatic heterocycles. The highest BCUT2D eigenvalue weighted by atomic mass is 32.2. The van der Waals surface area contributed by atoms with E-state index in [1.165, 1.54) is 5.56 Å². The van der Waals surface area contributed by atoms with Crippen molar-refractivity contribution >= 4 is 16.8 Å². The van der Waals surface area contributed by atoms with Gasteiger partial charge in [-0.25, -0.2) is 13.5 Å². The highest BCUT2D eigenvalue weighted by Gasteiger charge is 2.18. The molecule has 0 aliphatic carbocycles. The van der Waals surface area contributed by atoms with E-state index in [1.54, 1.807) is 6.26 Å². The average Bonchev–Trinajstić information content (AvgIpc) is 2.33. The van der Waals surface area contributed by atoms with Gasteiger partial charge in [0.25, 0.3) is 0 Å². The molecule has 2 N–H and O–H groups in total. The number of anilines is 1. The fourth-order valence-corrected chi connectivity index (χ4v) is 2.61. The third-order valence-electron chi connectivity index (χ3n) is 2.95. The number of nitrogen functional groups attached to an aromatic ring is 1. The first-order chi connectivity index (χ1) is 8.15. The molecule has 2 heterocycles. The second kappa shape index (κ2) is 5.57. The first-order valence-corrected chi connectivity index (χ1v) is 7.18. The van der Waals surface area contributed by atoms with E-state index in [1.807, 2.05) is 22.6 Å². The molecule has 5 nitrogen and oxygen atoms in total. The van der Waals surface area contributed by atoms with E-state index in [4.69, 9.17) is 5.73 Å². The Balaban J connectivity index is 1.85. The number of nitrogens with two attached hydrogens (primary N) is 1. The lowest BCUT2D eigenvalue weighted by atomic mass is 10.2. The van der Waals surface area contributed by atoms with Crippen molar-refractivity contribution < 1.29 is 4.21 Å². The Bertz CT molecular complexity index is 387. The molecule has 1 fully saturated rings. The third kappa shape index (κ3) is 3.49. The molecule has 2 rings (SSSR count). The molecule has 94 valence electrons. The lowest BCUT2D eigenvalue weighted by molar-refractivity contribution is 0.186. The van der Waals surface area contributed by atoms with Crippen molar-refractivity contribution in [1.82, 2.24) is 14.2 Å². The maximum absolute atomic E-state index is 11.3. The van der Waals surface area contributed by atoms with Gasteiger partial charge in [-0.15, -0.1) is 0 Å². The minimum atomic E-state index is -0.839. The summed E-state index contributed by atoms with van der Waals surface area (Å²) in [4.78, 5) is 6.42. The Morgan fingerprint density at radius 3 is 2.59 bits per heavy atom. The third-order valence-corrected chi connectivity index (χ3v) is 4.04. The number of rotatable bonds is 3. The van der Waals surface area contributed by atoms with Gasteiger partial charge >= 0.3 is 0 Å². The van der Waals surface area contributed by atoms with E-state index >= 15 is 0 Å². The summed E-state index contributed by atoms with van der Waals surface area (Å²) in [5, 5.41) is 0. The summed E-state index contributed by atoms with van der Waals surface area (Å²) in [5.41, 5.74) is 6.72. The SMILES string of the molecule is CS(=O)N1CCN(Cc2ccc(N)nc2)CC1. The van der Waals surface area contributed by atoms with Crippen molar-refractivity contribution in [1.29, 1.82) is 0 Å². The number of aromatic nitrogens is 1. The van der Waals surface area contributed by atoms with Crippen LogP contribution in [0.2, 0.25) is 0 Å². The molecular formula is C11H18N4OS. The van der Waals surface area contributed by atoms with Crippen molar-refractivity contribution in [3.8, 4) is 0 Å². The van der Waals surface area contributed by atoms with Crippen molar-refractivity contribution in [3.05, 3.63) is 23.9 Å². The van der Waals surface area contributed by atoms with Gasteiger partial charge in [0, 0.05) is 45.2 Å². The van der Waals surface area contributed by atoms with Crippen molar-refractivity contribution in [2.24, 2.45) is 0 Å².